The molecule has 13 heteroatoms. The highest BCUT2D eigenvalue weighted by Gasteiger charge is 2.35. The lowest BCUT2D eigenvalue weighted by atomic mass is 9.96. The van der Waals surface area contributed by atoms with Crippen LogP contribution in [0.1, 0.15) is 25.5 Å². The molecule has 0 unspecified atom stereocenters. The van der Waals surface area contributed by atoms with Crippen LogP contribution >= 0.6 is 27.3 Å². The van der Waals surface area contributed by atoms with Crippen molar-refractivity contribution < 1.29 is 28.7 Å². The van der Waals surface area contributed by atoms with Gasteiger partial charge in [0.25, 0.3) is 5.56 Å². The van der Waals surface area contributed by atoms with E-state index in [1.807, 2.05) is 10.6 Å². The lowest BCUT2D eigenvalue weighted by Gasteiger charge is -2.25. The number of hydrogen-bond donors (Lipinski definition) is 2. The molecule has 11 nitrogen and oxygen atoms in total. The van der Waals surface area contributed by atoms with Crippen LogP contribution in [0.15, 0.2) is 43.7 Å². The van der Waals surface area contributed by atoms with Crippen molar-refractivity contribution in [2.45, 2.75) is 19.9 Å². The minimum Gasteiger partial charge on any atom is -0.496 e. The highest BCUT2D eigenvalue weighted by Crippen LogP contribution is 2.34. The van der Waals surface area contributed by atoms with Crippen LogP contribution in [0.4, 0.5) is 4.79 Å². The summed E-state index contributed by atoms with van der Waals surface area (Å²) in [6.07, 6.45) is 1.19. The Morgan fingerprint density at radius 1 is 1.23 bits per heavy atom. The molecule has 182 valence electrons. The van der Waals surface area contributed by atoms with Crippen LogP contribution in [0.2, 0.25) is 0 Å². The number of benzene rings is 1. The number of carbonyl (C=O) groups is 4. The second kappa shape index (κ2) is 9.58. The molecule has 1 aromatic carbocycles. The van der Waals surface area contributed by atoms with Gasteiger partial charge in [0, 0.05) is 0 Å². The summed E-state index contributed by atoms with van der Waals surface area (Å²) in [6, 6.07) is 3.33. The van der Waals surface area contributed by atoms with Gasteiger partial charge in [0.1, 0.15) is 11.7 Å². The lowest BCUT2D eigenvalue weighted by Crippen LogP contribution is -2.55. The van der Waals surface area contributed by atoms with Gasteiger partial charge in [-0.15, -0.1) is 0 Å². The molecular formula is C22H19BrN4O7S. The van der Waals surface area contributed by atoms with Crippen LogP contribution in [-0.4, -0.2) is 42.1 Å². The summed E-state index contributed by atoms with van der Waals surface area (Å²) in [7, 11) is 1.52. The average Bonchev–Trinajstić information content (AvgIpc) is 3.09. The van der Waals surface area contributed by atoms with Crippen molar-refractivity contribution in [3.63, 3.8) is 0 Å². The summed E-state index contributed by atoms with van der Waals surface area (Å²) >= 11 is 4.40. The van der Waals surface area contributed by atoms with Crippen LogP contribution < -0.4 is 30.3 Å². The number of amides is 4. The zero-order valence-electron chi connectivity index (χ0n) is 18.7. The molecule has 3 heterocycles. The lowest BCUT2D eigenvalue weighted by molar-refractivity contribution is -0.139. The molecule has 0 radical (unpaired) electrons. The molecule has 0 spiro atoms. The number of fused-ring (bicyclic) bond motifs is 1. The molecule has 2 aromatic rings. The van der Waals surface area contributed by atoms with Crippen molar-refractivity contribution in [2.24, 2.45) is 10.9 Å². The maximum absolute atomic E-state index is 13.5. The molecule has 2 aliphatic heterocycles. The largest absolute Gasteiger partial charge is 0.496 e. The fourth-order valence-electron chi connectivity index (χ4n) is 3.81. The molecular weight excluding hydrogens is 544 g/mol. The van der Waals surface area contributed by atoms with Gasteiger partial charge in [0.2, 0.25) is 11.8 Å². The number of ether oxygens (including phenoxy) is 2. The number of aromatic nitrogens is 1. The van der Waals surface area contributed by atoms with Crippen LogP contribution in [0, 0.1) is 5.92 Å². The second-order valence-electron chi connectivity index (χ2n) is 7.50. The number of esters is 1. The van der Waals surface area contributed by atoms with Crippen molar-refractivity contribution in [1.82, 2.24) is 15.2 Å². The second-order valence-corrected chi connectivity index (χ2v) is 9.37. The SMILES string of the molecule is CCOC(=O)C1=C(C)N=c2s/c(=C\C3C(=O)NC(=O)NC3=O)c(=O)n2[C@H]1c1ccc(OC)c(Br)c1. The number of halogens is 1. The topological polar surface area (TPSA) is 145 Å². The van der Waals surface area contributed by atoms with Crippen molar-refractivity contribution in [2.75, 3.05) is 13.7 Å². The van der Waals surface area contributed by atoms with Gasteiger partial charge in [-0.25, -0.2) is 14.6 Å². The predicted octanol–water partition coefficient (Wildman–Crippen LogP) is 0.503. The maximum atomic E-state index is 13.5. The Morgan fingerprint density at radius 2 is 1.91 bits per heavy atom. The van der Waals surface area contributed by atoms with Crippen LogP contribution in [0.3, 0.4) is 0 Å². The van der Waals surface area contributed by atoms with Crippen LogP contribution in [0.5, 0.6) is 5.75 Å². The number of rotatable bonds is 5. The first-order valence-corrected chi connectivity index (χ1v) is 12.0. The molecule has 35 heavy (non-hydrogen) atoms. The molecule has 4 rings (SSSR count). The van der Waals surface area contributed by atoms with Crippen LogP contribution in [-0.2, 0) is 19.1 Å². The molecule has 1 saturated heterocycles. The minimum atomic E-state index is -1.38. The van der Waals surface area contributed by atoms with E-state index in [0.717, 1.165) is 11.3 Å². The number of hydrogen-bond acceptors (Lipinski definition) is 9. The molecule has 0 saturated carbocycles. The molecule has 1 aromatic heterocycles. The Bertz CT molecular complexity index is 1470. The number of carbonyl (C=O) groups excluding carboxylic acids is 4. The normalized spacial score (nSPS) is 18.6. The molecule has 2 aliphatic rings. The zero-order valence-corrected chi connectivity index (χ0v) is 21.1. The maximum Gasteiger partial charge on any atom is 0.338 e. The average molecular weight is 563 g/mol. The summed E-state index contributed by atoms with van der Waals surface area (Å²) < 4.78 is 12.5. The first-order chi connectivity index (χ1) is 16.7. The van der Waals surface area contributed by atoms with Crippen LogP contribution in [0.25, 0.3) is 6.08 Å². The third-order valence-corrected chi connectivity index (χ3v) is 6.99. The van der Waals surface area contributed by atoms with E-state index in [0.29, 0.717) is 21.5 Å². The van der Waals surface area contributed by atoms with Crippen molar-refractivity contribution >= 4 is 57.2 Å². The van der Waals surface area contributed by atoms with E-state index >= 15 is 0 Å². The minimum absolute atomic E-state index is 0.0592. The fourth-order valence-corrected chi connectivity index (χ4v) is 5.42. The van der Waals surface area contributed by atoms with Gasteiger partial charge in [-0.3, -0.25) is 29.6 Å². The Morgan fingerprint density at radius 3 is 2.51 bits per heavy atom. The monoisotopic (exact) mass is 562 g/mol. The highest BCUT2D eigenvalue weighted by molar-refractivity contribution is 9.10. The van der Waals surface area contributed by atoms with E-state index < -0.39 is 41.3 Å². The molecule has 0 bridgehead atoms. The number of methoxy groups -OCH3 is 1. The number of imide groups is 2. The highest BCUT2D eigenvalue weighted by atomic mass is 79.9. The number of nitrogens with zero attached hydrogens (tertiary/aromatic N) is 2. The van der Waals surface area contributed by atoms with E-state index in [9.17, 15) is 24.0 Å². The molecule has 4 amide bonds. The van der Waals surface area contributed by atoms with E-state index in [4.69, 9.17) is 9.47 Å². The Balaban J connectivity index is 1.93. The Labute approximate surface area is 210 Å². The van der Waals surface area contributed by atoms with Gasteiger partial charge in [-0.2, -0.15) is 0 Å². The number of urea groups is 1. The smallest absolute Gasteiger partial charge is 0.338 e. The predicted molar refractivity (Wildman–Crippen MR) is 127 cm³/mol. The molecule has 2 N–H and O–H groups in total. The van der Waals surface area contributed by atoms with Gasteiger partial charge in [-0.1, -0.05) is 17.4 Å². The Kier molecular flexibility index (Phi) is 6.72. The fraction of sp³-hybridized carbons (Fsp3) is 0.273. The van der Waals surface area contributed by atoms with Crippen molar-refractivity contribution in [1.29, 1.82) is 0 Å². The number of barbiturate groups is 1. The van der Waals surface area contributed by atoms with Gasteiger partial charge in [0.15, 0.2) is 4.80 Å². The summed E-state index contributed by atoms with van der Waals surface area (Å²) in [5.74, 6) is -3.13. The van der Waals surface area contributed by atoms with E-state index in [-0.39, 0.29) is 21.5 Å². The number of allylic oxidation sites excluding steroid dienone is 1. The summed E-state index contributed by atoms with van der Waals surface area (Å²) in [6.45, 7) is 3.44. The summed E-state index contributed by atoms with van der Waals surface area (Å²) in [5, 5.41) is 4.00. The zero-order chi connectivity index (χ0) is 25.4. The first-order valence-electron chi connectivity index (χ1n) is 10.3. The molecule has 1 atom stereocenters. The standard InChI is InChI=1S/C22H19BrN4O7S/c1-4-34-20(31)15-9(2)24-22-27(16(15)10-5-6-13(33-3)12(23)7-10)19(30)14(35-22)8-11-17(28)25-21(32)26-18(11)29/h5-8,11,16H,4H2,1-3H3,(H2,25,26,28,29,32)/b14-8-/t16-/m0/s1. The van der Waals surface area contributed by atoms with Crippen molar-refractivity contribution in [3.8, 4) is 5.75 Å². The van der Waals surface area contributed by atoms with Gasteiger partial charge in [-0.05, 0) is 53.5 Å². The summed E-state index contributed by atoms with van der Waals surface area (Å²) in [4.78, 5) is 66.9. The number of thiazole rings is 1. The van der Waals surface area contributed by atoms with E-state index in [2.05, 4.69) is 20.9 Å². The van der Waals surface area contributed by atoms with Gasteiger partial charge < -0.3 is 9.47 Å². The third-order valence-electron chi connectivity index (χ3n) is 5.37. The van der Waals surface area contributed by atoms with Gasteiger partial charge >= 0.3 is 12.0 Å². The van der Waals surface area contributed by atoms with E-state index in [1.165, 1.54) is 17.8 Å². The third kappa shape index (κ3) is 4.44. The van der Waals surface area contributed by atoms with Crippen molar-refractivity contribution in [3.05, 3.63) is 59.2 Å². The summed E-state index contributed by atoms with van der Waals surface area (Å²) in [5.41, 5.74) is 0.576. The van der Waals surface area contributed by atoms with Gasteiger partial charge in [0.05, 0.1) is 40.0 Å². The quantitative estimate of drug-likeness (QED) is 0.398. The molecule has 1 fully saturated rings. The van der Waals surface area contributed by atoms with E-state index in [1.54, 1.807) is 32.0 Å². The molecule has 0 aliphatic carbocycles. The number of nitrogens with one attached hydrogen (secondary N) is 2. The Hall–Kier alpha value is -3.58. The first kappa shape index (κ1) is 24.5.